The number of hydrogen-bond donors (Lipinski definition) is 0. The Bertz CT molecular complexity index is 1150. The van der Waals surface area contributed by atoms with Gasteiger partial charge in [-0.2, -0.15) is 4.98 Å². The molecule has 1 aliphatic rings. The fraction of sp³-hybridized carbons (Fsp3) is 0.333. The third-order valence-electron chi connectivity index (χ3n) is 5.20. The van der Waals surface area contributed by atoms with E-state index < -0.39 is 6.23 Å². The molecular weight excluding hydrogens is 488 g/mol. The molecule has 1 atom stereocenters. The van der Waals surface area contributed by atoms with Crippen molar-refractivity contribution in [3.05, 3.63) is 58.1 Å². The van der Waals surface area contributed by atoms with E-state index in [9.17, 15) is 4.79 Å². The number of benzene rings is 2. The number of carbonyl (C=O) groups is 1. The first-order valence-electron chi connectivity index (χ1n) is 10.5. The van der Waals surface area contributed by atoms with E-state index in [-0.39, 0.29) is 5.91 Å². The van der Waals surface area contributed by atoms with Crippen molar-refractivity contribution < 1.29 is 9.53 Å². The molecule has 1 aliphatic heterocycles. The predicted octanol–water partition coefficient (Wildman–Crippen LogP) is 6.19. The van der Waals surface area contributed by atoms with E-state index in [1.165, 1.54) is 0 Å². The normalized spacial score (nSPS) is 15.1. The van der Waals surface area contributed by atoms with E-state index in [4.69, 9.17) is 9.72 Å². The molecule has 3 aromatic rings. The average Bonchev–Trinajstić information content (AvgIpc) is 2.88. The minimum Gasteiger partial charge on any atom is -0.447 e. The van der Waals surface area contributed by atoms with Crippen molar-refractivity contribution in [1.82, 2.24) is 15.2 Å². The van der Waals surface area contributed by atoms with Crippen LogP contribution in [-0.4, -0.2) is 26.8 Å². The fourth-order valence-corrected chi connectivity index (χ4v) is 5.04. The lowest BCUT2D eigenvalue weighted by Gasteiger charge is -2.30. The summed E-state index contributed by atoms with van der Waals surface area (Å²) in [6.07, 6.45) is 0.363. The van der Waals surface area contributed by atoms with Crippen molar-refractivity contribution in [2.75, 3.05) is 10.7 Å². The van der Waals surface area contributed by atoms with Crippen LogP contribution < -0.4 is 9.64 Å². The van der Waals surface area contributed by atoms with E-state index >= 15 is 0 Å². The predicted molar refractivity (Wildman–Crippen MR) is 131 cm³/mol. The fourth-order valence-electron chi connectivity index (χ4n) is 3.54. The second-order valence-corrected chi connectivity index (χ2v) is 10.1. The number of fused-ring (bicyclic) bond motifs is 3. The molecular formula is C24H25BrN4O2S. The highest BCUT2D eigenvalue weighted by Gasteiger charge is 2.35. The highest BCUT2D eigenvalue weighted by molar-refractivity contribution is 9.10. The number of anilines is 1. The van der Waals surface area contributed by atoms with Crippen molar-refractivity contribution in [2.45, 2.75) is 45.5 Å². The Hall–Kier alpha value is -2.45. The zero-order valence-electron chi connectivity index (χ0n) is 18.5. The third-order valence-corrected chi connectivity index (χ3v) is 6.79. The standard InChI is InChI=1S/C24H25BrN4O2S/c1-14(2)11-12-32-24-26-22-21(27-28-24)18-13-15(3)9-10-20(18)29(16(4)30)23(31-22)17-7-5-6-8-19(17)25/h5-10,13-14,23H,11-12H2,1-4H3/t23-/m1/s1. The van der Waals surface area contributed by atoms with Crippen LogP contribution in [0.1, 0.15) is 44.5 Å². The van der Waals surface area contributed by atoms with Crippen LogP contribution in [0.25, 0.3) is 11.3 Å². The van der Waals surface area contributed by atoms with Crippen LogP contribution in [0, 0.1) is 12.8 Å². The molecule has 0 bridgehead atoms. The van der Waals surface area contributed by atoms with Gasteiger partial charge in [-0.25, -0.2) is 0 Å². The number of thioether (sulfide) groups is 1. The van der Waals surface area contributed by atoms with E-state index in [0.29, 0.717) is 22.6 Å². The van der Waals surface area contributed by atoms with Crippen LogP contribution in [0.5, 0.6) is 5.88 Å². The van der Waals surface area contributed by atoms with Crippen LogP contribution >= 0.6 is 27.7 Å². The van der Waals surface area contributed by atoms with Crippen molar-refractivity contribution >= 4 is 39.3 Å². The molecule has 2 heterocycles. The van der Waals surface area contributed by atoms with Gasteiger partial charge in [-0.1, -0.05) is 71.4 Å². The van der Waals surface area contributed by atoms with Crippen LogP contribution in [0.4, 0.5) is 5.69 Å². The lowest BCUT2D eigenvalue weighted by atomic mass is 10.0. The van der Waals surface area contributed by atoms with E-state index in [1.807, 2.05) is 49.4 Å². The SMILES string of the molecule is CC(=O)N1c2ccc(C)cc2-c2nnc(SCCC(C)C)nc2O[C@@H]1c1ccccc1Br. The Morgan fingerprint density at radius 1 is 1.22 bits per heavy atom. The number of ether oxygens (including phenoxy) is 1. The van der Waals surface area contributed by atoms with Gasteiger partial charge in [0.1, 0.15) is 0 Å². The third kappa shape index (κ3) is 4.66. The molecule has 166 valence electrons. The van der Waals surface area contributed by atoms with Crippen molar-refractivity contribution in [1.29, 1.82) is 0 Å². The first kappa shape index (κ1) is 22.7. The molecule has 4 rings (SSSR count). The number of aromatic nitrogens is 3. The van der Waals surface area contributed by atoms with Crippen LogP contribution in [0.3, 0.4) is 0 Å². The van der Waals surface area contributed by atoms with Gasteiger partial charge >= 0.3 is 0 Å². The Balaban J connectivity index is 1.86. The summed E-state index contributed by atoms with van der Waals surface area (Å²) in [6, 6.07) is 13.6. The summed E-state index contributed by atoms with van der Waals surface area (Å²) in [4.78, 5) is 19.3. The first-order chi connectivity index (χ1) is 15.3. The Kier molecular flexibility index (Phi) is 6.81. The number of hydrogen-bond acceptors (Lipinski definition) is 6. The molecule has 1 aromatic heterocycles. The molecule has 0 fully saturated rings. The summed E-state index contributed by atoms with van der Waals surface area (Å²) >= 11 is 5.18. The summed E-state index contributed by atoms with van der Waals surface area (Å²) in [7, 11) is 0. The lowest BCUT2D eigenvalue weighted by molar-refractivity contribution is -0.118. The molecule has 0 radical (unpaired) electrons. The second-order valence-electron chi connectivity index (χ2n) is 8.18. The summed E-state index contributed by atoms with van der Waals surface area (Å²) in [6.45, 7) is 7.93. The molecule has 0 aliphatic carbocycles. The maximum atomic E-state index is 12.9. The molecule has 0 saturated heterocycles. The Labute approximate surface area is 200 Å². The Morgan fingerprint density at radius 2 is 2.00 bits per heavy atom. The minimum atomic E-state index is -0.698. The van der Waals surface area contributed by atoms with Gasteiger partial charge in [0.05, 0.1) is 5.69 Å². The molecule has 0 spiro atoms. The monoisotopic (exact) mass is 512 g/mol. The van der Waals surface area contributed by atoms with Gasteiger partial charge in [-0.05, 0) is 37.5 Å². The second kappa shape index (κ2) is 9.58. The molecule has 32 heavy (non-hydrogen) atoms. The number of halogens is 1. The molecule has 8 heteroatoms. The summed E-state index contributed by atoms with van der Waals surface area (Å²) in [5.74, 6) is 1.75. The summed E-state index contributed by atoms with van der Waals surface area (Å²) in [5.41, 5.74) is 3.92. The van der Waals surface area contributed by atoms with Gasteiger partial charge < -0.3 is 4.74 Å². The number of carbonyl (C=O) groups excluding carboxylic acids is 1. The molecule has 2 aromatic carbocycles. The number of aryl methyl sites for hydroxylation is 1. The summed E-state index contributed by atoms with van der Waals surface area (Å²) in [5, 5.41) is 9.42. The topological polar surface area (TPSA) is 68.2 Å². The van der Waals surface area contributed by atoms with Gasteiger partial charge in [0.2, 0.25) is 23.2 Å². The quantitative estimate of drug-likeness (QED) is 0.379. The van der Waals surface area contributed by atoms with Crippen molar-refractivity contribution in [3.63, 3.8) is 0 Å². The maximum absolute atomic E-state index is 12.9. The number of rotatable bonds is 5. The van der Waals surface area contributed by atoms with Crippen LogP contribution in [-0.2, 0) is 4.79 Å². The highest BCUT2D eigenvalue weighted by atomic mass is 79.9. The largest absolute Gasteiger partial charge is 0.447 e. The van der Waals surface area contributed by atoms with Crippen LogP contribution in [0.15, 0.2) is 52.1 Å². The Morgan fingerprint density at radius 3 is 2.72 bits per heavy atom. The van der Waals surface area contributed by atoms with E-state index in [0.717, 1.165) is 39.0 Å². The van der Waals surface area contributed by atoms with Gasteiger partial charge in [0, 0.05) is 28.3 Å². The van der Waals surface area contributed by atoms with Crippen molar-refractivity contribution in [2.24, 2.45) is 5.92 Å². The number of nitrogens with zero attached hydrogens (tertiary/aromatic N) is 4. The highest BCUT2D eigenvalue weighted by Crippen LogP contribution is 2.44. The van der Waals surface area contributed by atoms with E-state index in [1.54, 1.807) is 23.6 Å². The zero-order valence-corrected chi connectivity index (χ0v) is 20.9. The molecule has 1 amide bonds. The lowest BCUT2D eigenvalue weighted by Crippen LogP contribution is -2.36. The number of amides is 1. The van der Waals surface area contributed by atoms with Gasteiger partial charge in [0.25, 0.3) is 0 Å². The van der Waals surface area contributed by atoms with Gasteiger partial charge in [0.15, 0.2) is 5.69 Å². The van der Waals surface area contributed by atoms with E-state index in [2.05, 4.69) is 40.0 Å². The minimum absolute atomic E-state index is 0.136. The average molecular weight is 513 g/mol. The smallest absolute Gasteiger partial charge is 0.247 e. The molecule has 0 N–H and O–H groups in total. The summed E-state index contributed by atoms with van der Waals surface area (Å²) < 4.78 is 7.29. The molecule has 6 nitrogen and oxygen atoms in total. The van der Waals surface area contributed by atoms with Crippen LogP contribution in [0.2, 0.25) is 0 Å². The van der Waals surface area contributed by atoms with Crippen molar-refractivity contribution in [3.8, 4) is 17.1 Å². The zero-order chi connectivity index (χ0) is 22.8. The molecule has 0 saturated carbocycles. The van der Waals surface area contributed by atoms with Gasteiger partial charge in [-0.15, -0.1) is 10.2 Å². The maximum Gasteiger partial charge on any atom is 0.247 e. The molecule has 0 unspecified atom stereocenters. The first-order valence-corrected chi connectivity index (χ1v) is 12.3. The van der Waals surface area contributed by atoms with Gasteiger partial charge in [-0.3, -0.25) is 9.69 Å².